The summed E-state index contributed by atoms with van der Waals surface area (Å²) in [6, 6.07) is 20.4. The third-order valence-electron chi connectivity index (χ3n) is 6.56. The Bertz CT molecular complexity index is 1500. The third kappa shape index (κ3) is 7.46. The van der Waals surface area contributed by atoms with Crippen LogP contribution in [0.3, 0.4) is 0 Å². The van der Waals surface area contributed by atoms with E-state index < -0.39 is 35.1 Å². The number of aromatic nitrogens is 2. The summed E-state index contributed by atoms with van der Waals surface area (Å²) >= 11 is 0. The van der Waals surface area contributed by atoms with Gasteiger partial charge in [0.1, 0.15) is 11.6 Å². The van der Waals surface area contributed by atoms with Crippen LogP contribution >= 0.6 is 0 Å². The number of nitrogens with one attached hydrogen (secondary N) is 2. The van der Waals surface area contributed by atoms with E-state index in [4.69, 9.17) is 0 Å². The van der Waals surface area contributed by atoms with E-state index in [9.17, 15) is 23.5 Å². The third-order valence-corrected chi connectivity index (χ3v) is 6.56. The van der Waals surface area contributed by atoms with Gasteiger partial charge in [-0.2, -0.15) is 5.10 Å². The molecule has 0 spiro atoms. The van der Waals surface area contributed by atoms with Crippen molar-refractivity contribution >= 4 is 5.91 Å². The van der Waals surface area contributed by atoms with Gasteiger partial charge in [0.2, 0.25) is 5.43 Å². The first kappa shape index (κ1) is 28.8. The second kappa shape index (κ2) is 13.2. The maximum absolute atomic E-state index is 13.9. The van der Waals surface area contributed by atoms with Crippen LogP contribution in [0.1, 0.15) is 39.8 Å². The van der Waals surface area contributed by atoms with Crippen molar-refractivity contribution in [2.75, 3.05) is 6.54 Å². The van der Waals surface area contributed by atoms with Crippen molar-refractivity contribution in [3.05, 3.63) is 129 Å². The number of hydrogen-bond acceptors (Lipinski definition) is 5. The molecule has 7 nitrogen and oxygen atoms in total. The van der Waals surface area contributed by atoms with Crippen molar-refractivity contribution in [3.63, 3.8) is 0 Å². The highest BCUT2D eigenvalue weighted by Gasteiger charge is 2.25. The van der Waals surface area contributed by atoms with Crippen molar-refractivity contribution in [1.29, 1.82) is 0 Å². The molecule has 4 rings (SSSR count). The number of benzene rings is 3. The van der Waals surface area contributed by atoms with Gasteiger partial charge < -0.3 is 15.7 Å². The fourth-order valence-corrected chi connectivity index (χ4v) is 4.50. The number of carbonyl (C=O) groups is 1. The number of aryl methyl sites for hydroxylation is 2. The normalized spacial score (nSPS) is 12.6. The molecule has 0 saturated heterocycles. The number of amides is 1. The van der Waals surface area contributed by atoms with Crippen molar-refractivity contribution in [1.82, 2.24) is 20.4 Å². The molecule has 1 aromatic heterocycles. The van der Waals surface area contributed by atoms with Gasteiger partial charge in [-0.3, -0.25) is 9.59 Å². The molecule has 40 heavy (non-hydrogen) atoms. The Morgan fingerprint density at radius 1 is 0.950 bits per heavy atom. The summed E-state index contributed by atoms with van der Waals surface area (Å²) in [7, 11) is 0. The summed E-state index contributed by atoms with van der Waals surface area (Å²) in [4.78, 5) is 26.0. The number of aliphatic hydroxyl groups excluding tert-OH is 1. The zero-order valence-electron chi connectivity index (χ0n) is 22.4. The Kier molecular flexibility index (Phi) is 9.52. The second-order valence-electron chi connectivity index (χ2n) is 9.68. The Morgan fingerprint density at radius 3 is 2.35 bits per heavy atom. The van der Waals surface area contributed by atoms with E-state index in [1.807, 2.05) is 36.4 Å². The van der Waals surface area contributed by atoms with Crippen molar-refractivity contribution in [3.8, 4) is 5.69 Å². The summed E-state index contributed by atoms with van der Waals surface area (Å²) in [5, 5.41) is 21.2. The average Bonchev–Trinajstić information content (AvgIpc) is 2.92. The number of para-hydroxylation sites is 1. The van der Waals surface area contributed by atoms with E-state index in [1.54, 1.807) is 19.1 Å². The zero-order valence-corrected chi connectivity index (χ0v) is 22.4. The number of hydrogen-bond donors (Lipinski definition) is 3. The molecule has 2 atom stereocenters. The lowest BCUT2D eigenvalue weighted by molar-refractivity contribution is 0.0822. The van der Waals surface area contributed by atoms with Gasteiger partial charge in [-0.25, -0.2) is 13.5 Å². The highest BCUT2D eigenvalue weighted by Crippen LogP contribution is 2.13. The lowest BCUT2D eigenvalue weighted by Crippen LogP contribution is -2.49. The standard InChI is InChI=1S/C31H32F2N4O3/c1-3-21-8-7-9-22(13-21)18-34-19-29(39)27(16-23-14-24(32)17-25(33)15-23)35-31(40)30-28(38)12-20(2)37(36-30)26-10-5-4-6-11-26/h4-15,17,27,29,34,39H,3,16,18-19H2,1-2H3,(H,35,40)/t27-,29+/m1/s1. The smallest absolute Gasteiger partial charge is 0.276 e. The quantitative estimate of drug-likeness (QED) is 0.266. The van der Waals surface area contributed by atoms with E-state index in [1.165, 1.54) is 16.3 Å². The van der Waals surface area contributed by atoms with Gasteiger partial charge in [0.25, 0.3) is 5.91 Å². The number of halogens is 2. The summed E-state index contributed by atoms with van der Waals surface area (Å²) in [5.74, 6) is -2.34. The highest BCUT2D eigenvalue weighted by molar-refractivity contribution is 5.92. The maximum Gasteiger partial charge on any atom is 0.276 e. The summed E-state index contributed by atoms with van der Waals surface area (Å²) in [6.45, 7) is 4.32. The molecule has 3 aromatic carbocycles. The highest BCUT2D eigenvalue weighted by atomic mass is 19.1. The molecule has 0 aliphatic heterocycles. The molecule has 4 aromatic rings. The van der Waals surface area contributed by atoms with Gasteiger partial charge in [0.05, 0.1) is 17.8 Å². The van der Waals surface area contributed by atoms with E-state index in [-0.39, 0.29) is 24.2 Å². The van der Waals surface area contributed by atoms with Crippen LogP contribution in [0.25, 0.3) is 5.69 Å². The van der Waals surface area contributed by atoms with Crippen LogP contribution in [0.15, 0.2) is 83.7 Å². The first-order valence-electron chi connectivity index (χ1n) is 13.1. The summed E-state index contributed by atoms with van der Waals surface area (Å²) in [6.07, 6.45) is -0.326. The fraction of sp³-hybridized carbons (Fsp3) is 0.258. The van der Waals surface area contributed by atoms with Crippen LogP contribution in [-0.4, -0.2) is 39.5 Å². The monoisotopic (exact) mass is 546 g/mol. The van der Waals surface area contributed by atoms with Crippen LogP contribution in [0, 0.1) is 18.6 Å². The first-order valence-corrected chi connectivity index (χ1v) is 13.1. The van der Waals surface area contributed by atoms with Crippen LogP contribution < -0.4 is 16.1 Å². The maximum atomic E-state index is 13.9. The predicted octanol–water partition coefficient (Wildman–Crippen LogP) is 3.87. The topological polar surface area (TPSA) is 96.2 Å². The van der Waals surface area contributed by atoms with Gasteiger partial charge in [-0.05, 0) is 60.7 Å². The molecule has 1 heterocycles. The van der Waals surface area contributed by atoms with E-state index in [0.717, 1.165) is 30.2 Å². The first-order chi connectivity index (χ1) is 19.2. The Labute approximate surface area is 231 Å². The Balaban J connectivity index is 1.55. The SMILES string of the molecule is CCc1cccc(CNC[C@H](O)[C@@H](Cc2cc(F)cc(F)c2)NC(=O)c2nn(-c3ccccc3)c(C)cc2=O)c1. The molecule has 0 saturated carbocycles. The molecule has 3 N–H and O–H groups in total. The molecule has 9 heteroatoms. The molecule has 0 unspecified atom stereocenters. The molecule has 0 bridgehead atoms. The van der Waals surface area contributed by atoms with Gasteiger partial charge in [0.15, 0.2) is 5.69 Å². The van der Waals surface area contributed by atoms with Gasteiger partial charge in [-0.1, -0.05) is 49.4 Å². The van der Waals surface area contributed by atoms with Crippen LogP contribution in [-0.2, 0) is 19.4 Å². The predicted molar refractivity (Wildman–Crippen MR) is 149 cm³/mol. The minimum absolute atomic E-state index is 0.0761. The molecule has 0 radical (unpaired) electrons. The Morgan fingerprint density at radius 2 is 1.65 bits per heavy atom. The van der Waals surface area contributed by atoms with Crippen molar-refractivity contribution < 1.29 is 18.7 Å². The number of aliphatic hydroxyl groups is 1. The minimum atomic E-state index is -1.15. The van der Waals surface area contributed by atoms with Crippen LogP contribution in [0.5, 0.6) is 0 Å². The number of carbonyl (C=O) groups excluding carboxylic acids is 1. The van der Waals surface area contributed by atoms with Crippen molar-refractivity contribution in [2.24, 2.45) is 0 Å². The van der Waals surface area contributed by atoms with Crippen LogP contribution in [0.2, 0.25) is 0 Å². The molecule has 0 aliphatic rings. The van der Waals surface area contributed by atoms with Crippen molar-refractivity contribution in [2.45, 2.75) is 45.4 Å². The molecular weight excluding hydrogens is 514 g/mol. The summed E-state index contributed by atoms with van der Waals surface area (Å²) < 4.78 is 29.3. The number of rotatable bonds is 11. The molecule has 1 amide bonds. The molecular formula is C31H32F2N4O3. The average molecular weight is 547 g/mol. The largest absolute Gasteiger partial charge is 0.390 e. The van der Waals surface area contributed by atoms with E-state index in [2.05, 4.69) is 28.7 Å². The minimum Gasteiger partial charge on any atom is -0.390 e. The molecule has 208 valence electrons. The van der Waals surface area contributed by atoms with Gasteiger partial charge >= 0.3 is 0 Å². The van der Waals surface area contributed by atoms with E-state index >= 15 is 0 Å². The van der Waals surface area contributed by atoms with Crippen LogP contribution in [0.4, 0.5) is 8.78 Å². The van der Waals surface area contributed by atoms with Gasteiger partial charge in [0, 0.05) is 30.9 Å². The zero-order chi connectivity index (χ0) is 28.6. The number of nitrogens with zero attached hydrogens (tertiary/aromatic N) is 2. The molecule has 0 aliphatic carbocycles. The Hall–Kier alpha value is -4.21. The summed E-state index contributed by atoms with van der Waals surface area (Å²) in [5.41, 5.74) is 2.72. The van der Waals surface area contributed by atoms with E-state index in [0.29, 0.717) is 17.9 Å². The lowest BCUT2D eigenvalue weighted by Gasteiger charge is -2.25. The molecule has 0 fully saturated rings. The lowest BCUT2D eigenvalue weighted by atomic mass is 10.00. The van der Waals surface area contributed by atoms with Gasteiger partial charge in [-0.15, -0.1) is 0 Å². The second-order valence-corrected chi connectivity index (χ2v) is 9.68. The fourth-order valence-electron chi connectivity index (χ4n) is 4.50.